The van der Waals surface area contributed by atoms with Gasteiger partial charge < -0.3 is 9.80 Å². The summed E-state index contributed by atoms with van der Waals surface area (Å²) in [5, 5.41) is 0. The van der Waals surface area contributed by atoms with Gasteiger partial charge in [0.2, 0.25) is 5.91 Å². The molecule has 2 aromatic carbocycles. The van der Waals surface area contributed by atoms with Crippen LogP contribution in [0.15, 0.2) is 60.7 Å². The zero-order valence-electron chi connectivity index (χ0n) is 16.1. The van der Waals surface area contributed by atoms with E-state index in [1.54, 1.807) is 30.0 Å². The molecule has 4 nitrogen and oxygen atoms in total. The van der Waals surface area contributed by atoms with Gasteiger partial charge in [0.15, 0.2) is 0 Å². The van der Waals surface area contributed by atoms with Gasteiger partial charge in [-0.05, 0) is 48.7 Å². The van der Waals surface area contributed by atoms with E-state index in [0.717, 1.165) is 24.2 Å². The fourth-order valence-corrected chi connectivity index (χ4v) is 5.43. The van der Waals surface area contributed by atoms with Crippen LogP contribution in [0.3, 0.4) is 0 Å². The Balaban J connectivity index is 1.40. The van der Waals surface area contributed by atoms with Crippen LogP contribution >= 0.6 is 11.8 Å². The number of carbonyl (C=O) groups is 2. The maximum Gasteiger partial charge on any atom is 0.254 e. The Morgan fingerprint density at radius 1 is 0.966 bits per heavy atom. The van der Waals surface area contributed by atoms with Crippen LogP contribution in [0, 0.1) is 5.82 Å². The van der Waals surface area contributed by atoms with Crippen molar-refractivity contribution in [2.45, 2.75) is 17.7 Å². The molecular formula is C23H23FN2O2S. The standard InChI is InChI=1S/C23H23FN2O2S/c24-20-9-7-19(8-10-20)22(28)26-16-17-29-23(26)12-14-25(15-13-23)21(27)11-6-18-4-2-1-3-5-18/h1-11H,12-17H2. The second-order valence-corrected chi connectivity index (χ2v) is 8.78. The van der Waals surface area contributed by atoms with E-state index in [-0.39, 0.29) is 22.5 Å². The number of piperidine rings is 1. The lowest BCUT2D eigenvalue weighted by Gasteiger charge is -2.44. The smallest absolute Gasteiger partial charge is 0.254 e. The third-order valence-electron chi connectivity index (χ3n) is 5.59. The van der Waals surface area contributed by atoms with E-state index >= 15 is 0 Å². The molecule has 1 spiro atoms. The highest BCUT2D eigenvalue weighted by Gasteiger charge is 2.46. The number of hydrogen-bond acceptors (Lipinski definition) is 3. The zero-order chi connectivity index (χ0) is 20.3. The molecule has 150 valence electrons. The van der Waals surface area contributed by atoms with E-state index in [0.29, 0.717) is 25.2 Å². The summed E-state index contributed by atoms with van der Waals surface area (Å²) in [6.45, 7) is 1.93. The molecule has 0 bridgehead atoms. The second kappa shape index (κ2) is 8.41. The van der Waals surface area contributed by atoms with Gasteiger partial charge in [-0.1, -0.05) is 30.3 Å². The zero-order valence-corrected chi connectivity index (χ0v) is 16.9. The van der Waals surface area contributed by atoms with Crippen molar-refractivity contribution in [3.05, 3.63) is 77.6 Å². The van der Waals surface area contributed by atoms with Gasteiger partial charge in [-0.25, -0.2) is 4.39 Å². The topological polar surface area (TPSA) is 40.6 Å². The lowest BCUT2D eigenvalue weighted by atomic mass is 10.0. The number of likely N-dealkylation sites (tertiary alicyclic amines) is 1. The fraction of sp³-hybridized carbons (Fsp3) is 0.304. The molecular weight excluding hydrogens is 387 g/mol. The first-order chi connectivity index (χ1) is 14.1. The Labute approximate surface area is 174 Å². The van der Waals surface area contributed by atoms with E-state index in [2.05, 4.69) is 0 Å². The predicted octanol–water partition coefficient (Wildman–Crippen LogP) is 4.05. The van der Waals surface area contributed by atoms with E-state index in [1.165, 1.54) is 12.1 Å². The Kier molecular flexibility index (Phi) is 5.72. The third kappa shape index (κ3) is 4.22. The summed E-state index contributed by atoms with van der Waals surface area (Å²) in [6, 6.07) is 15.5. The van der Waals surface area contributed by atoms with Gasteiger partial charge in [-0.3, -0.25) is 9.59 Å². The van der Waals surface area contributed by atoms with Gasteiger partial charge in [0.25, 0.3) is 5.91 Å². The minimum atomic E-state index is -0.345. The molecule has 0 unspecified atom stereocenters. The van der Waals surface area contributed by atoms with Gasteiger partial charge in [-0.15, -0.1) is 11.8 Å². The molecule has 2 aromatic rings. The van der Waals surface area contributed by atoms with Gasteiger partial charge in [0.05, 0.1) is 4.87 Å². The first-order valence-corrected chi connectivity index (χ1v) is 10.8. The van der Waals surface area contributed by atoms with Gasteiger partial charge in [-0.2, -0.15) is 0 Å². The number of amides is 2. The molecule has 0 radical (unpaired) electrons. The van der Waals surface area contributed by atoms with E-state index in [4.69, 9.17) is 0 Å². The molecule has 0 N–H and O–H groups in total. The van der Waals surface area contributed by atoms with Crippen molar-refractivity contribution < 1.29 is 14.0 Å². The van der Waals surface area contributed by atoms with E-state index in [9.17, 15) is 14.0 Å². The van der Waals surface area contributed by atoms with E-state index in [1.807, 2.05) is 46.2 Å². The van der Waals surface area contributed by atoms with Crippen molar-refractivity contribution in [3.63, 3.8) is 0 Å². The van der Waals surface area contributed by atoms with Gasteiger partial charge >= 0.3 is 0 Å². The number of nitrogens with zero attached hydrogens (tertiary/aromatic N) is 2. The highest BCUT2D eigenvalue weighted by molar-refractivity contribution is 8.00. The monoisotopic (exact) mass is 410 g/mol. The maximum absolute atomic E-state index is 13.2. The van der Waals surface area contributed by atoms with Gasteiger partial charge in [0, 0.05) is 37.0 Å². The van der Waals surface area contributed by atoms with E-state index < -0.39 is 0 Å². The van der Waals surface area contributed by atoms with Crippen molar-refractivity contribution in [2.24, 2.45) is 0 Å². The van der Waals surface area contributed by atoms with Crippen LogP contribution in [0.25, 0.3) is 6.08 Å². The molecule has 2 fully saturated rings. The Morgan fingerprint density at radius 2 is 1.66 bits per heavy atom. The summed E-state index contributed by atoms with van der Waals surface area (Å²) in [5.74, 6) is 0.485. The number of carbonyl (C=O) groups excluding carboxylic acids is 2. The molecule has 4 rings (SSSR count). The summed E-state index contributed by atoms with van der Waals surface area (Å²) in [4.78, 5) is 29.1. The summed E-state index contributed by atoms with van der Waals surface area (Å²) in [7, 11) is 0. The summed E-state index contributed by atoms with van der Waals surface area (Å²) >= 11 is 1.80. The normalized spacial score (nSPS) is 18.5. The maximum atomic E-state index is 13.2. The number of benzene rings is 2. The average molecular weight is 411 g/mol. The predicted molar refractivity (Wildman–Crippen MR) is 114 cm³/mol. The van der Waals surface area contributed by atoms with Crippen molar-refractivity contribution in [1.82, 2.24) is 9.80 Å². The molecule has 2 heterocycles. The average Bonchev–Trinajstić information content (AvgIpc) is 3.16. The van der Waals surface area contributed by atoms with Crippen LogP contribution in [0.1, 0.15) is 28.8 Å². The molecule has 2 saturated heterocycles. The number of rotatable bonds is 3. The van der Waals surface area contributed by atoms with Crippen LogP contribution in [0.2, 0.25) is 0 Å². The van der Waals surface area contributed by atoms with Crippen molar-refractivity contribution >= 4 is 29.7 Å². The van der Waals surface area contributed by atoms with Crippen LogP contribution in [-0.4, -0.2) is 51.9 Å². The molecule has 29 heavy (non-hydrogen) atoms. The van der Waals surface area contributed by atoms with Crippen LogP contribution < -0.4 is 0 Å². The molecule has 2 aliphatic heterocycles. The first-order valence-electron chi connectivity index (χ1n) is 9.81. The second-order valence-electron chi connectivity index (χ2n) is 7.33. The Morgan fingerprint density at radius 3 is 2.34 bits per heavy atom. The summed E-state index contributed by atoms with van der Waals surface area (Å²) < 4.78 is 13.2. The quantitative estimate of drug-likeness (QED) is 0.717. The Bertz CT molecular complexity index is 906. The van der Waals surface area contributed by atoms with Crippen LogP contribution in [0.4, 0.5) is 4.39 Å². The third-order valence-corrected chi connectivity index (χ3v) is 7.14. The minimum absolute atomic E-state index is 0.00288. The first kappa shape index (κ1) is 19.7. The fourth-order valence-electron chi connectivity index (χ4n) is 3.97. The highest BCUT2D eigenvalue weighted by Crippen LogP contribution is 2.44. The summed E-state index contributed by atoms with van der Waals surface area (Å²) in [5.41, 5.74) is 1.51. The number of thioether (sulfide) groups is 1. The molecule has 2 amide bonds. The molecule has 0 saturated carbocycles. The highest BCUT2D eigenvalue weighted by atomic mass is 32.2. The SMILES string of the molecule is O=C(C=Cc1ccccc1)N1CCC2(CC1)SCCN2C(=O)c1ccc(F)cc1. The number of hydrogen-bond donors (Lipinski definition) is 0. The van der Waals surface area contributed by atoms with Crippen LogP contribution in [0.5, 0.6) is 0 Å². The van der Waals surface area contributed by atoms with Gasteiger partial charge in [0.1, 0.15) is 5.82 Å². The largest absolute Gasteiger partial charge is 0.339 e. The molecule has 6 heteroatoms. The molecule has 0 aliphatic carbocycles. The molecule has 2 aliphatic rings. The van der Waals surface area contributed by atoms with Crippen molar-refractivity contribution in [1.29, 1.82) is 0 Å². The summed E-state index contributed by atoms with van der Waals surface area (Å²) in [6.07, 6.45) is 4.95. The van der Waals surface area contributed by atoms with Crippen molar-refractivity contribution in [3.8, 4) is 0 Å². The lowest BCUT2D eigenvalue weighted by molar-refractivity contribution is -0.127. The molecule has 0 aromatic heterocycles. The van der Waals surface area contributed by atoms with Crippen molar-refractivity contribution in [2.75, 3.05) is 25.4 Å². The minimum Gasteiger partial charge on any atom is -0.339 e. The molecule has 0 atom stereocenters. The number of halogens is 1. The van der Waals surface area contributed by atoms with Crippen LogP contribution in [-0.2, 0) is 4.79 Å². The lowest BCUT2D eigenvalue weighted by Crippen LogP contribution is -2.53. The Hall–Kier alpha value is -2.60.